The summed E-state index contributed by atoms with van der Waals surface area (Å²) in [6.45, 7) is 2.08. The largest absolute Gasteiger partial charge is 0.462 e. The van der Waals surface area contributed by atoms with Crippen molar-refractivity contribution in [3.05, 3.63) is 58.6 Å². The zero-order valence-electron chi connectivity index (χ0n) is 15.5. The van der Waals surface area contributed by atoms with Gasteiger partial charge in [-0.1, -0.05) is 11.3 Å². The summed E-state index contributed by atoms with van der Waals surface area (Å²) in [6.07, 6.45) is 0.282. The van der Waals surface area contributed by atoms with Gasteiger partial charge in [0.1, 0.15) is 5.82 Å². The van der Waals surface area contributed by atoms with E-state index in [4.69, 9.17) is 4.74 Å². The lowest BCUT2D eigenvalue weighted by atomic mass is 10.2. The molecule has 0 saturated carbocycles. The molecule has 0 unspecified atom stereocenters. The van der Waals surface area contributed by atoms with Crippen LogP contribution >= 0.6 is 23.1 Å². The average molecular weight is 419 g/mol. The molecule has 1 aromatic heterocycles. The van der Waals surface area contributed by atoms with E-state index in [0.717, 1.165) is 15.1 Å². The van der Waals surface area contributed by atoms with Crippen LogP contribution in [0.25, 0.3) is 10.2 Å². The van der Waals surface area contributed by atoms with Crippen molar-refractivity contribution in [3.63, 3.8) is 0 Å². The van der Waals surface area contributed by atoms with Crippen LogP contribution in [-0.2, 0) is 16.6 Å². The van der Waals surface area contributed by atoms with Gasteiger partial charge in [0.2, 0.25) is 5.91 Å². The van der Waals surface area contributed by atoms with Gasteiger partial charge in [-0.2, -0.15) is 4.99 Å². The third-order valence-corrected chi connectivity index (χ3v) is 6.05. The van der Waals surface area contributed by atoms with E-state index in [1.165, 1.54) is 35.2 Å². The van der Waals surface area contributed by atoms with E-state index in [1.54, 1.807) is 31.2 Å². The molecule has 0 aliphatic carbocycles. The summed E-state index contributed by atoms with van der Waals surface area (Å²) in [7, 11) is 1.84. The van der Waals surface area contributed by atoms with Gasteiger partial charge in [-0.3, -0.25) is 4.79 Å². The highest BCUT2D eigenvalue weighted by Gasteiger charge is 2.11. The number of nitrogens with zero attached hydrogens (tertiary/aromatic N) is 2. The van der Waals surface area contributed by atoms with Crippen molar-refractivity contribution in [2.24, 2.45) is 12.0 Å². The van der Waals surface area contributed by atoms with Crippen molar-refractivity contribution >= 4 is 45.2 Å². The lowest BCUT2D eigenvalue weighted by Gasteiger charge is -2.01. The van der Waals surface area contributed by atoms with Crippen molar-refractivity contribution < 1.29 is 18.7 Å². The van der Waals surface area contributed by atoms with Gasteiger partial charge in [-0.25, -0.2) is 9.18 Å². The van der Waals surface area contributed by atoms with Crippen molar-refractivity contribution in [3.8, 4) is 0 Å². The molecule has 1 amide bonds. The summed E-state index contributed by atoms with van der Waals surface area (Å²) in [5.74, 6) is -0.302. The Morgan fingerprint density at radius 1 is 1.21 bits per heavy atom. The number of rotatable bonds is 6. The Labute approximate surface area is 169 Å². The fraction of sp³-hybridized carbons (Fsp3) is 0.250. The summed E-state index contributed by atoms with van der Waals surface area (Å²) in [5, 5.41) is 0. The quantitative estimate of drug-likeness (QED) is 0.445. The van der Waals surface area contributed by atoms with Gasteiger partial charge < -0.3 is 9.30 Å². The van der Waals surface area contributed by atoms with Crippen LogP contribution in [0.15, 0.2) is 52.4 Å². The minimum Gasteiger partial charge on any atom is -0.462 e. The van der Waals surface area contributed by atoms with Crippen LogP contribution < -0.4 is 4.80 Å². The van der Waals surface area contributed by atoms with Crippen molar-refractivity contribution in [1.29, 1.82) is 0 Å². The number of benzene rings is 2. The number of carbonyl (C=O) groups is 2. The van der Waals surface area contributed by atoms with Crippen LogP contribution in [-0.4, -0.2) is 28.8 Å². The third-order valence-electron chi connectivity index (χ3n) is 3.94. The average Bonchev–Trinajstić information content (AvgIpc) is 2.98. The Morgan fingerprint density at radius 2 is 1.96 bits per heavy atom. The van der Waals surface area contributed by atoms with Crippen LogP contribution in [0.3, 0.4) is 0 Å². The molecule has 0 N–H and O–H groups in total. The number of halogens is 1. The first-order chi connectivity index (χ1) is 13.5. The molecule has 2 aromatic carbocycles. The molecule has 3 aromatic rings. The molecule has 146 valence electrons. The maximum absolute atomic E-state index is 12.9. The van der Waals surface area contributed by atoms with Gasteiger partial charge in [0.15, 0.2) is 4.80 Å². The first-order valence-corrected chi connectivity index (χ1v) is 10.5. The van der Waals surface area contributed by atoms with Crippen LogP contribution in [0.4, 0.5) is 4.39 Å². The topological polar surface area (TPSA) is 60.7 Å². The zero-order chi connectivity index (χ0) is 20.1. The van der Waals surface area contributed by atoms with Crippen LogP contribution in [0, 0.1) is 5.82 Å². The van der Waals surface area contributed by atoms with Crippen LogP contribution in [0.1, 0.15) is 23.7 Å². The van der Waals surface area contributed by atoms with E-state index in [0.29, 0.717) is 22.7 Å². The van der Waals surface area contributed by atoms with Gasteiger partial charge >= 0.3 is 5.97 Å². The molecule has 0 fully saturated rings. The van der Waals surface area contributed by atoms with E-state index >= 15 is 0 Å². The van der Waals surface area contributed by atoms with Crippen molar-refractivity contribution in [2.45, 2.75) is 18.2 Å². The molecule has 5 nitrogen and oxygen atoms in total. The zero-order valence-corrected chi connectivity index (χ0v) is 17.1. The number of esters is 1. The molecule has 0 atom stereocenters. The minimum atomic E-state index is -0.368. The molecule has 8 heteroatoms. The molecule has 0 aliphatic rings. The van der Waals surface area contributed by atoms with Gasteiger partial charge in [0.25, 0.3) is 0 Å². The number of hydrogen-bond acceptors (Lipinski definition) is 5. The Morgan fingerprint density at radius 3 is 2.68 bits per heavy atom. The molecule has 0 aliphatic heterocycles. The van der Waals surface area contributed by atoms with E-state index in [2.05, 4.69) is 4.99 Å². The fourth-order valence-electron chi connectivity index (χ4n) is 2.53. The van der Waals surface area contributed by atoms with Gasteiger partial charge in [-0.15, -0.1) is 11.8 Å². The van der Waals surface area contributed by atoms with Gasteiger partial charge in [-0.05, 0) is 49.4 Å². The summed E-state index contributed by atoms with van der Waals surface area (Å²) >= 11 is 2.84. The van der Waals surface area contributed by atoms with E-state index in [1.807, 2.05) is 17.7 Å². The van der Waals surface area contributed by atoms with Crippen molar-refractivity contribution in [1.82, 2.24) is 4.57 Å². The molecule has 0 saturated heterocycles. The van der Waals surface area contributed by atoms with Gasteiger partial charge in [0, 0.05) is 24.1 Å². The predicted octanol–water partition coefficient (Wildman–Crippen LogP) is 4.17. The second-order valence-corrected chi connectivity index (χ2v) is 8.08. The highest BCUT2D eigenvalue weighted by molar-refractivity contribution is 7.99. The summed E-state index contributed by atoms with van der Waals surface area (Å²) < 4.78 is 20.6. The monoisotopic (exact) mass is 418 g/mol. The highest BCUT2D eigenvalue weighted by atomic mass is 32.2. The maximum Gasteiger partial charge on any atom is 0.338 e. The SMILES string of the molecule is CCOC(=O)c1ccc2c(c1)sc(=NC(=O)CCSc1ccc(F)cc1)n2C. The number of thiazole rings is 1. The minimum absolute atomic E-state index is 0.220. The number of carbonyl (C=O) groups excluding carboxylic acids is 2. The molecular weight excluding hydrogens is 399 g/mol. The van der Waals surface area contributed by atoms with E-state index < -0.39 is 0 Å². The fourth-order valence-corrected chi connectivity index (χ4v) is 4.45. The van der Waals surface area contributed by atoms with Crippen LogP contribution in [0.2, 0.25) is 0 Å². The highest BCUT2D eigenvalue weighted by Crippen LogP contribution is 2.20. The normalized spacial score (nSPS) is 11.8. The van der Waals surface area contributed by atoms with Gasteiger partial charge in [0.05, 0.1) is 22.4 Å². The summed E-state index contributed by atoms with van der Waals surface area (Å²) in [5.41, 5.74) is 1.37. The van der Waals surface area contributed by atoms with E-state index in [-0.39, 0.29) is 24.1 Å². The maximum atomic E-state index is 12.9. The molecular formula is C20H19FN2O3S2. The number of aryl methyl sites for hydroxylation is 1. The number of amides is 1. The first kappa shape index (κ1) is 20.3. The molecule has 0 bridgehead atoms. The predicted molar refractivity (Wildman–Crippen MR) is 109 cm³/mol. The Balaban J connectivity index is 1.71. The first-order valence-electron chi connectivity index (χ1n) is 8.70. The number of fused-ring (bicyclic) bond motifs is 1. The number of hydrogen-bond donors (Lipinski definition) is 0. The molecule has 0 radical (unpaired) electrons. The molecule has 1 heterocycles. The molecule has 0 spiro atoms. The summed E-state index contributed by atoms with van der Waals surface area (Å²) in [4.78, 5) is 29.8. The second kappa shape index (κ2) is 9.16. The number of ether oxygens (including phenoxy) is 1. The summed E-state index contributed by atoms with van der Waals surface area (Å²) in [6, 6.07) is 11.5. The lowest BCUT2D eigenvalue weighted by molar-refractivity contribution is -0.117. The number of thioether (sulfide) groups is 1. The van der Waals surface area contributed by atoms with Crippen molar-refractivity contribution in [2.75, 3.05) is 12.4 Å². The standard InChI is InChI=1S/C20H19FN2O3S2/c1-3-26-19(25)13-4-9-16-17(12-13)28-20(23(16)2)22-18(24)10-11-27-15-7-5-14(21)6-8-15/h4-9,12H,3,10-11H2,1-2H3. The lowest BCUT2D eigenvalue weighted by Crippen LogP contribution is -2.13. The Bertz CT molecular complexity index is 1070. The van der Waals surface area contributed by atoms with E-state index in [9.17, 15) is 14.0 Å². The Hall–Kier alpha value is -2.45. The van der Waals surface area contributed by atoms with Crippen LogP contribution in [0.5, 0.6) is 0 Å². The molecule has 3 rings (SSSR count). The molecule has 28 heavy (non-hydrogen) atoms. The smallest absolute Gasteiger partial charge is 0.338 e. The Kier molecular flexibility index (Phi) is 6.64. The second-order valence-electron chi connectivity index (χ2n) is 5.90. The number of aromatic nitrogens is 1. The third kappa shape index (κ3) is 4.88.